The van der Waals surface area contributed by atoms with Gasteiger partial charge in [-0.2, -0.15) is 0 Å². The average molecular weight is 275 g/mol. The first-order chi connectivity index (χ1) is 9.69. The molecule has 2 atom stereocenters. The molecule has 20 heavy (non-hydrogen) atoms. The molecule has 0 aromatic heterocycles. The monoisotopic (exact) mass is 275 g/mol. The maximum Gasteiger partial charge on any atom is 0.224 e. The van der Waals surface area contributed by atoms with E-state index in [1.165, 1.54) is 18.4 Å². The zero-order valence-electron chi connectivity index (χ0n) is 12.3. The molecule has 110 valence electrons. The average Bonchev–Trinajstić information content (AvgIpc) is 2.45. The van der Waals surface area contributed by atoms with Crippen LogP contribution >= 0.6 is 0 Å². The molecule has 1 aliphatic carbocycles. The summed E-state index contributed by atoms with van der Waals surface area (Å²) in [6.07, 6.45) is 5.08. The van der Waals surface area contributed by atoms with E-state index in [1.54, 1.807) is 0 Å². The first-order valence-corrected chi connectivity index (χ1v) is 7.62. The Morgan fingerprint density at radius 3 is 2.75 bits per heavy atom. The van der Waals surface area contributed by atoms with Gasteiger partial charge in [0, 0.05) is 13.2 Å². The highest BCUT2D eigenvalue weighted by molar-refractivity contribution is 5.78. The zero-order valence-corrected chi connectivity index (χ0v) is 12.3. The van der Waals surface area contributed by atoms with Crippen LogP contribution in [-0.2, 0) is 11.2 Å². The van der Waals surface area contributed by atoms with Crippen molar-refractivity contribution in [3.63, 3.8) is 0 Å². The Kier molecular flexibility index (Phi) is 5.60. The second-order valence-electron chi connectivity index (χ2n) is 5.96. The lowest BCUT2D eigenvalue weighted by Gasteiger charge is -2.30. The molecular weight excluding hydrogens is 250 g/mol. The summed E-state index contributed by atoms with van der Waals surface area (Å²) in [6.45, 7) is 2.99. The summed E-state index contributed by atoms with van der Waals surface area (Å²) in [5, 5.41) is 12.4. The molecule has 2 N–H and O–H groups in total. The van der Waals surface area contributed by atoms with E-state index in [0.29, 0.717) is 24.8 Å². The molecule has 2 rings (SSSR count). The highest BCUT2D eigenvalue weighted by Crippen LogP contribution is 2.29. The van der Waals surface area contributed by atoms with Gasteiger partial charge in [0.15, 0.2) is 0 Å². The normalized spacial score (nSPS) is 22.5. The molecule has 1 saturated carbocycles. The number of hydrogen-bond acceptors (Lipinski definition) is 2. The fourth-order valence-corrected chi connectivity index (χ4v) is 3.11. The molecule has 1 amide bonds. The fraction of sp³-hybridized carbons (Fsp3) is 0.588. The molecular formula is C17H25NO2. The largest absolute Gasteiger partial charge is 0.396 e. The van der Waals surface area contributed by atoms with Crippen molar-refractivity contribution in [2.45, 2.75) is 39.0 Å². The second kappa shape index (κ2) is 7.44. The molecule has 0 bridgehead atoms. The van der Waals surface area contributed by atoms with Crippen molar-refractivity contribution < 1.29 is 9.90 Å². The minimum Gasteiger partial charge on any atom is -0.396 e. The number of rotatable bonds is 5. The number of benzene rings is 1. The summed E-state index contributed by atoms with van der Waals surface area (Å²) in [5.74, 6) is 0.885. The Morgan fingerprint density at radius 1 is 1.30 bits per heavy atom. The fourth-order valence-electron chi connectivity index (χ4n) is 3.11. The van der Waals surface area contributed by atoms with Crippen LogP contribution in [0.2, 0.25) is 0 Å². The predicted octanol–water partition coefficient (Wildman–Crippen LogP) is 2.45. The molecule has 1 fully saturated rings. The highest BCUT2D eigenvalue weighted by Gasteiger charge is 2.24. The van der Waals surface area contributed by atoms with Crippen LogP contribution in [0.15, 0.2) is 24.3 Å². The summed E-state index contributed by atoms with van der Waals surface area (Å²) in [4.78, 5) is 12.0. The summed E-state index contributed by atoms with van der Waals surface area (Å²) < 4.78 is 0. The van der Waals surface area contributed by atoms with Crippen LogP contribution in [0.25, 0.3) is 0 Å². The number of hydrogen-bond donors (Lipinski definition) is 2. The third kappa shape index (κ3) is 4.34. The summed E-state index contributed by atoms with van der Waals surface area (Å²) in [6, 6.07) is 8.07. The lowest BCUT2D eigenvalue weighted by atomic mass is 9.79. The van der Waals surface area contributed by atoms with Crippen LogP contribution in [0, 0.1) is 18.8 Å². The van der Waals surface area contributed by atoms with Gasteiger partial charge in [-0.3, -0.25) is 4.79 Å². The Balaban J connectivity index is 1.79. The predicted molar refractivity (Wildman–Crippen MR) is 80.4 cm³/mol. The van der Waals surface area contributed by atoms with Crippen molar-refractivity contribution >= 4 is 5.91 Å². The number of aliphatic hydroxyl groups excluding tert-OH is 1. The molecule has 1 aromatic carbocycles. The van der Waals surface area contributed by atoms with Crippen LogP contribution in [0.5, 0.6) is 0 Å². The number of carbonyl (C=O) groups excluding carboxylic acids is 1. The van der Waals surface area contributed by atoms with E-state index in [-0.39, 0.29) is 12.5 Å². The summed E-state index contributed by atoms with van der Waals surface area (Å²) in [7, 11) is 0. The first kappa shape index (κ1) is 15.0. The van der Waals surface area contributed by atoms with Gasteiger partial charge in [-0.1, -0.05) is 42.7 Å². The van der Waals surface area contributed by atoms with Crippen molar-refractivity contribution in [3.05, 3.63) is 35.4 Å². The minimum absolute atomic E-state index is 0.0814. The van der Waals surface area contributed by atoms with Gasteiger partial charge in [-0.15, -0.1) is 0 Å². The highest BCUT2D eigenvalue weighted by atomic mass is 16.3. The molecule has 0 aliphatic heterocycles. The zero-order chi connectivity index (χ0) is 14.4. The Labute approximate surface area is 121 Å². The molecule has 0 radical (unpaired) electrons. The van der Waals surface area contributed by atoms with E-state index in [2.05, 4.69) is 11.4 Å². The van der Waals surface area contributed by atoms with E-state index in [1.807, 2.05) is 25.1 Å². The van der Waals surface area contributed by atoms with Crippen LogP contribution in [0.1, 0.15) is 36.8 Å². The lowest BCUT2D eigenvalue weighted by molar-refractivity contribution is -0.120. The van der Waals surface area contributed by atoms with E-state index in [0.717, 1.165) is 18.4 Å². The van der Waals surface area contributed by atoms with Gasteiger partial charge in [-0.05, 0) is 37.2 Å². The molecule has 2 unspecified atom stereocenters. The van der Waals surface area contributed by atoms with Crippen LogP contribution in [-0.4, -0.2) is 24.2 Å². The van der Waals surface area contributed by atoms with Gasteiger partial charge in [-0.25, -0.2) is 0 Å². The molecule has 1 aliphatic rings. The number of amides is 1. The SMILES string of the molecule is Cc1cccc(CC(=O)NCC2CCCCC2CO)c1. The smallest absolute Gasteiger partial charge is 0.224 e. The standard InChI is InChI=1S/C17H25NO2/c1-13-5-4-6-14(9-13)10-17(20)18-11-15-7-2-3-8-16(15)12-19/h4-6,9,15-16,19H,2-3,7-8,10-12H2,1H3,(H,18,20). The maximum absolute atomic E-state index is 12.0. The number of nitrogens with one attached hydrogen (secondary N) is 1. The molecule has 3 heteroatoms. The minimum atomic E-state index is 0.0814. The van der Waals surface area contributed by atoms with Gasteiger partial charge >= 0.3 is 0 Å². The molecule has 1 aromatic rings. The molecule has 0 heterocycles. The van der Waals surface area contributed by atoms with Crippen molar-refractivity contribution in [3.8, 4) is 0 Å². The Bertz CT molecular complexity index is 444. The van der Waals surface area contributed by atoms with Gasteiger partial charge in [0.25, 0.3) is 0 Å². The van der Waals surface area contributed by atoms with Crippen LogP contribution in [0.3, 0.4) is 0 Å². The van der Waals surface area contributed by atoms with Crippen molar-refractivity contribution in [1.29, 1.82) is 0 Å². The van der Waals surface area contributed by atoms with Gasteiger partial charge in [0.1, 0.15) is 0 Å². The van der Waals surface area contributed by atoms with E-state index in [9.17, 15) is 9.90 Å². The number of carbonyl (C=O) groups is 1. The van der Waals surface area contributed by atoms with Crippen LogP contribution in [0.4, 0.5) is 0 Å². The lowest BCUT2D eigenvalue weighted by Crippen LogP contribution is -2.36. The third-order valence-electron chi connectivity index (χ3n) is 4.31. The summed E-state index contributed by atoms with van der Waals surface area (Å²) >= 11 is 0. The summed E-state index contributed by atoms with van der Waals surface area (Å²) in [5.41, 5.74) is 2.24. The maximum atomic E-state index is 12.0. The quantitative estimate of drug-likeness (QED) is 0.867. The second-order valence-corrected chi connectivity index (χ2v) is 5.96. The number of aliphatic hydroxyl groups is 1. The Hall–Kier alpha value is -1.35. The van der Waals surface area contributed by atoms with Gasteiger partial charge in [0.05, 0.1) is 6.42 Å². The number of aryl methyl sites for hydroxylation is 1. The van der Waals surface area contributed by atoms with E-state index in [4.69, 9.17) is 0 Å². The van der Waals surface area contributed by atoms with Crippen molar-refractivity contribution in [2.24, 2.45) is 11.8 Å². The first-order valence-electron chi connectivity index (χ1n) is 7.62. The van der Waals surface area contributed by atoms with Crippen LogP contribution < -0.4 is 5.32 Å². The van der Waals surface area contributed by atoms with E-state index >= 15 is 0 Å². The van der Waals surface area contributed by atoms with E-state index < -0.39 is 0 Å². The Morgan fingerprint density at radius 2 is 2.05 bits per heavy atom. The third-order valence-corrected chi connectivity index (χ3v) is 4.31. The topological polar surface area (TPSA) is 49.3 Å². The molecule has 0 saturated heterocycles. The van der Waals surface area contributed by atoms with Crippen molar-refractivity contribution in [1.82, 2.24) is 5.32 Å². The molecule has 0 spiro atoms. The molecule has 3 nitrogen and oxygen atoms in total. The van der Waals surface area contributed by atoms with Gasteiger partial charge < -0.3 is 10.4 Å². The van der Waals surface area contributed by atoms with Gasteiger partial charge in [0.2, 0.25) is 5.91 Å². The van der Waals surface area contributed by atoms with Crippen molar-refractivity contribution in [2.75, 3.05) is 13.2 Å².